The minimum absolute atomic E-state index is 0.208. The van der Waals surface area contributed by atoms with E-state index < -0.39 is 5.60 Å². The van der Waals surface area contributed by atoms with Crippen LogP contribution in [0, 0.1) is 0 Å². The number of likely N-dealkylation sites (tertiary alicyclic amines) is 1. The van der Waals surface area contributed by atoms with Gasteiger partial charge in [-0.05, 0) is 33.6 Å². The molecule has 0 bridgehead atoms. The molecule has 0 aromatic rings. The van der Waals surface area contributed by atoms with Crippen molar-refractivity contribution in [3.8, 4) is 0 Å². The maximum Gasteiger partial charge on any atom is 0.410 e. The molecule has 5 nitrogen and oxygen atoms in total. The van der Waals surface area contributed by atoms with Crippen LogP contribution >= 0.6 is 0 Å². The monoisotopic (exact) mass is 258 g/mol. The first-order chi connectivity index (χ1) is 8.42. The Morgan fingerprint density at radius 2 is 2.17 bits per heavy atom. The zero-order valence-corrected chi connectivity index (χ0v) is 12.0. The molecule has 1 aliphatic rings. The van der Waals surface area contributed by atoms with Crippen LogP contribution in [-0.4, -0.2) is 56.0 Å². The molecule has 0 aromatic heterocycles. The second kappa shape index (κ2) is 6.95. The number of piperidine rings is 1. The highest BCUT2D eigenvalue weighted by Gasteiger charge is 2.27. The second-order valence-corrected chi connectivity index (χ2v) is 5.71. The van der Waals surface area contributed by atoms with Gasteiger partial charge >= 0.3 is 6.09 Å². The summed E-state index contributed by atoms with van der Waals surface area (Å²) in [5.74, 6) is 0. The Kier molecular flexibility index (Phi) is 5.88. The van der Waals surface area contributed by atoms with Crippen LogP contribution in [0.3, 0.4) is 0 Å². The van der Waals surface area contributed by atoms with Crippen LogP contribution in [0.15, 0.2) is 0 Å². The van der Waals surface area contributed by atoms with Crippen LogP contribution < -0.4 is 5.32 Å². The van der Waals surface area contributed by atoms with Gasteiger partial charge in [-0.25, -0.2) is 4.79 Å². The summed E-state index contributed by atoms with van der Waals surface area (Å²) in [5.41, 5.74) is -0.423. The highest BCUT2D eigenvalue weighted by atomic mass is 16.6. The summed E-state index contributed by atoms with van der Waals surface area (Å²) in [6.07, 6.45) is 1.91. The molecule has 1 saturated heterocycles. The van der Waals surface area contributed by atoms with Gasteiger partial charge in [0.05, 0.1) is 6.61 Å². The number of nitrogens with zero attached hydrogens (tertiary/aromatic N) is 1. The van der Waals surface area contributed by atoms with E-state index >= 15 is 0 Å². The molecule has 1 fully saturated rings. The summed E-state index contributed by atoms with van der Waals surface area (Å²) in [7, 11) is 1.69. The fraction of sp³-hybridized carbons (Fsp3) is 0.923. The van der Waals surface area contributed by atoms with Crippen molar-refractivity contribution in [2.45, 2.75) is 45.3 Å². The molecule has 0 radical (unpaired) electrons. The summed E-state index contributed by atoms with van der Waals surface area (Å²) in [6, 6.07) is 0.349. The lowest BCUT2D eigenvalue weighted by Gasteiger charge is -2.34. The highest BCUT2D eigenvalue weighted by Crippen LogP contribution is 2.15. The molecule has 1 aliphatic heterocycles. The van der Waals surface area contributed by atoms with E-state index in [4.69, 9.17) is 9.47 Å². The molecule has 1 N–H and O–H groups in total. The number of hydrogen-bond acceptors (Lipinski definition) is 4. The maximum atomic E-state index is 11.9. The Hall–Kier alpha value is -0.810. The Bertz CT molecular complexity index is 263. The Labute approximate surface area is 110 Å². The number of carbonyl (C=O) groups is 1. The van der Waals surface area contributed by atoms with Crippen molar-refractivity contribution in [1.82, 2.24) is 10.2 Å². The van der Waals surface area contributed by atoms with Crippen molar-refractivity contribution in [1.29, 1.82) is 0 Å². The average Bonchev–Trinajstić information content (AvgIpc) is 2.27. The molecular formula is C13H26N2O3. The summed E-state index contributed by atoms with van der Waals surface area (Å²) < 4.78 is 10.4. The average molecular weight is 258 g/mol. The lowest BCUT2D eigenvalue weighted by Crippen LogP contribution is -2.49. The van der Waals surface area contributed by atoms with Gasteiger partial charge in [-0.1, -0.05) is 0 Å². The molecule has 0 spiro atoms. The van der Waals surface area contributed by atoms with Gasteiger partial charge < -0.3 is 19.7 Å². The topological polar surface area (TPSA) is 50.8 Å². The van der Waals surface area contributed by atoms with Gasteiger partial charge in [-0.2, -0.15) is 0 Å². The molecule has 1 unspecified atom stereocenters. The molecule has 106 valence electrons. The smallest absolute Gasteiger partial charge is 0.410 e. The molecule has 1 heterocycles. The van der Waals surface area contributed by atoms with Gasteiger partial charge in [0.2, 0.25) is 0 Å². The van der Waals surface area contributed by atoms with Crippen molar-refractivity contribution in [2.75, 3.05) is 33.4 Å². The number of nitrogens with one attached hydrogen (secondary N) is 1. The zero-order valence-electron chi connectivity index (χ0n) is 12.0. The van der Waals surface area contributed by atoms with E-state index in [-0.39, 0.29) is 6.09 Å². The van der Waals surface area contributed by atoms with E-state index in [9.17, 15) is 4.79 Å². The van der Waals surface area contributed by atoms with Gasteiger partial charge in [0, 0.05) is 32.8 Å². The SMILES string of the molecule is COCCNC1CCCN(C(=O)OC(C)(C)C)C1. The number of methoxy groups -OCH3 is 1. The Morgan fingerprint density at radius 1 is 1.44 bits per heavy atom. The maximum absolute atomic E-state index is 11.9. The standard InChI is InChI=1S/C13H26N2O3/c1-13(2,3)18-12(16)15-8-5-6-11(10-15)14-7-9-17-4/h11,14H,5-10H2,1-4H3. The number of amides is 1. The van der Waals surface area contributed by atoms with Crippen molar-refractivity contribution < 1.29 is 14.3 Å². The fourth-order valence-electron chi connectivity index (χ4n) is 2.00. The third-order valence-corrected chi connectivity index (χ3v) is 2.81. The van der Waals surface area contributed by atoms with E-state index in [1.54, 1.807) is 12.0 Å². The van der Waals surface area contributed by atoms with Gasteiger partial charge in [-0.15, -0.1) is 0 Å². The summed E-state index contributed by atoms with van der Waals surface area (Å²) in [6.45, 7) is 8.71. The Morgan fingerprint density at radius 3 is 2.78 bits per heavy atom. The first kappa shape index (κ1) is 15.2. The molecule has 5 heteroatoms. The normalized spacial score (nSPS) is 20.9. The summed E-state index contributed by atoms with van der Waals surface area (Å²) in [5, 5.41) is 3.40. The van der Waals surface area contributed by atoms with Crippen molar-refractivity contribution in [2.24, 2.45) is 0 Å². The first-order valence-corrected chi connectivity index (χ1v) is 6.62. The van der Waals surface area contributed by atoms with Gasteiger partial charge in [0.15, 0.2) is 0 Å². The minimum atomic E-state index is -0.423. The lowest BCUT2D eigenvalue weighted by atomic mass is 10.1. The first-order valence-electron chi connectivity index (χ1n) is 6.62. The van der Waals surface area contributed by atoms with Crippen LogP contribution in [0.2, 0.25) is 0 Å². The third-order valence-electron chi connectivity index (χ3n) is 2.81. The number of carbonyl (C=O) groups excluding carboxylic acids is 1. The molecule has 1 atom stereocenters. The van der Waals surface area contributed by atoms with Crippen LogP contribution in [-0.2, 0) is 9.47 Å². The molecule has 1 rings (SSSR count). The summed E-state index contributed by atoms with van der Waals surface area (Å²) in [4.78, 5) is 13.7. The predicted molar refractivity (Wildman–Crippen MR) is 70.7 cm³/mol. The van der Waals surface area contributed by atoms with Crippen molar-refractivity contribution in [3.63, 3.8) is 0 Å². The number of rotatable bonds is 4. The quantitative estimate of drug-likeness (QED) is 0.779. The number of hydrogen-bond donors (Lipinski definition) is 1. The van der Waals surface area contributed by atoms with Crippen LogP contribution in [0.4, 0.5) is 4.79 Å². The molecule has 0 aliphatic carbocycles. The van der Waals surface area contributed by atoms with E-state index in [2.05, 4.69) is 5.32 Å². The highest BCUT2D eigenvalue weighted by molar-refractivity contribution is 5.68. The third kappa shape index (κ3) is 5.69. The zero-order chi connectivity index (χ0) is 13.6. The van der Waals surface area contributed by atoms with E-state index in [0.717, 1.165) is 32.5 Å². The van der Waals surface area contributed by atoms with Gasteiger partial charge in [0.1, 0.15) is 5.60 Å². The molecule has 18 heavy (non-hydrogen) atoms. The van der Waals surface area contributed by atoms with E-state index in [1.165, 1.54) is 0 Å². The lowest BCUT2D eigenvalue weighted by molar-refractivity contribution is 0.0185. The largest absolute Gasteiger partial charge is 0.444 e. The molecular weight excluding hydrogens is 232 g/mol. The molecule has 0 saturated carbocycles. The minimum Gasteiger partial charge on any atom is -0.444 e. The fourth-order valence-corrected chi connectivity index (χ4v) is 2.00. The van der Waals surface area contributed by atoms with Crippen LogP contribution in [0.25, 0.3) is 0 Å². The van der Waals surface area contributed by atoms with Gasteiger partial charge in [-0.3, -0.25) is 0 Å². The van der Waals surface area contributed by atoms with Crippen molar-refractivity contribution >= 4 is 6.09 Å². The van der Waals surface area contributed by atoms with Crippen molar-refractivity contribution in [3.05, 3.63) is 0 Å². The summed E-state index contributed by atoms with van der Waals surface area (Å²) >= 11 is 0. The predicted octanol–water partition coefficient (Wildman–Crippen LogP) is 1.62. The Balaban J connectivity index is 2.36. The number of ether oxygens (including phenoxy) is 2. The van der Waals surface area contributed by atoms with Crippen LogP contribution in [0.5, 0.6) is 0 Å². The van der Waals surface area contributed by atoms with Gasteiger partial charge in [0.25, 0.3) is 0 Å². The van der Waals surface area contributed by atoms with E-state index in [0.29, 0.717) is 12.6 Å². The molecule has 0 aromatic carbocycles. The van der Waals surface area contributed by atoms with E-state index in [1.807, 2.05) is 20.8 Å². The second-order valence-electron chi connectivity index (χ2n) is 5.71. The molecule has 1 amide bonds. The van der Waals surface area contributed by atoms with Crippen LogP contribution in [0.1, 0.15) is 33.6 Å².